The van der Waals surface area contributed by atoms with E-state index in [0.29, 0.717) is 31.1 Å². The maximum atomic E-state index is 12.3. The fourth-order valence-electron chi connectivity index (χ4n) is 2.29. The summed E-state index contributed by atoms with van der Waals surface area (Å²) >= 11 is 6.26. The first-order chi connectivity index (χ1) is 12.2. The Kier molecular flexibility index (Phi) is 7.84. The van der Waals surface area contributed by atoms with Gasteiger partial charge in [0.25, 0.3) is 5.91 Å². The molecule has 1 aromatic heterocycles. The van der Waals surface area contributed by atoms with Crippen LogP contribution in [0.4, 0.5) is 0 Å². The number of rotatable bonds is 10. The zero-order chi connectivity index (χ0) is 18.1. The quantitative estimate of drug-likeness (QED) is 0.628. The molecule has 0 atom stereocenters. The highest BCUT2D eigenvalue weighted by molar-refractivity contribution is 6.32. The van der Waals surface area contributed by atoms with Crippen molar-refractivity contribution in [1.82, 2.24) is 25.4 Å². The van der Waals surface area contributed by atoms with Gasteiger partial charge in [-0.2, -0.15) is 0 Å². The highest BCUT2D eigenvalue weighted by atomic mass is 35.5. The zero-order valence-electron chi connectivity index (χ0n) is 14.6. The number of amides is 1. The molecule has 8 heteroatoms. The molecule has 0 spiro atoms. The van der Waals surface area contributed by atoms with Gasteiger partial charge >= 0.3 is 0 Å². The molecular formula is C17H24ClN5O2. The summed E-state index contributed by atoms with van der Waals surface area (Å²) in [5, 5.41) is 10.9. The highest BCUT2D eigenvalue weighted by Gasteiger charge is 2.17. The number of carbonyl (C=O) groups is 1. The predicted molar refractivity (Wildman–Crippen MR) is 97.4 cm³/mol. The third kappa shape index (κ3) is 5.52. The second-order valence-corrected chi connectivity index (χ2v) is 5.87. The van der Waals surface area contributed by atoms with E-state index in [2.05, 4.69) is 27.6 Å². The lowest BCUT2D eigenvalue weighted by molar-refractivity contribution is 0.0943. The molecule has 2 aromatic rings. The van der Waals surface area contributed by atoms with E-state index < -0.39 is 0 Å². The van der Waals surface area contributed by atoms with Crippen LogP contribution in [0.3, 0.4) is 0 Å². The Balaban J connectivity index is 2.05. The largest absolute Gasteiger partial charge is 0.383 e. The van der Waals surface area contributed by atoms with Crippen LogP contribution in [0.5, 0.6) is 0 Å². The van der Waals surface area contributed by atoms with E-state index in [9.17, 15) is 4.79 Å². The molecule has 1 heterocycles. The lowest BCUT2D eigenvalue weighted by atomic mass is 10.3. The van der Waals surface area contributed by atoms with Crippen molar-refractivity contribution in [2.24, 2.45) is 0 Å². The van der Waals surface area contributed by atoms with Gasteiger partial charge in [0, 0.05) is 33.2 Å². The summed E-state index contributed by atoms with van der Waals surface area (Å²) in [6.45, 7) is 4.58. The van der Waals surface area contributed by atoms with Gasteiger partial charge in [-0.25, -0.2) is 9.67 Å². The first kappa shape index (κ1) is 19.4. The number of aryl methyl sites for hydroxylation is 1. The van der Waals surface area contributed by atoms with Gasteiger partial charge in [-0.15, -0.1) is 5.10 Å². The van der Waals surface area contributed by atoms with Crippen LogP contribution in [0.15, 0.2) is 24.3 Å². The molecule has 7 nitrogen and oxygen atoms in total. The molecule has 0 aliphatic rings. The summed E-state index contributed by atoms with van der Waals surface area (Å²) in [6, 6.07) is 7.38. The summed E-state index contributed by atoms with van der Waals surface area (Å²) in [5.74, 6) is 0.580. The van der Waals surface area contributed by atoms with Crippen molar-refractivity contribution >= 4 is 17.5 Å². The van der Waals surface area contributed by atoms with Gasteiger partial charge in [0.15, 0.2) is 0 Å². The fraction of sp³-hybridized carbons (Fsp3) is 0.471. The lowest BCUT2D eigenvalue weighted by Gasteiger charge is -2.06. The van der Waals surface area contributed by atoms with E-state index in [-0.39, 0.29) is 11.7 Å². The highest BCUT2D eigenvalue weighted by Crippen LogP contribution is 2.21. The number of carbonyl (C=O) groups excluding carboxylic acids is 1. The van der Waals surface area contributed by atoms with Crippen LogP contribution in [-0.4, -0.2) is 54.0 Å². The first-order valence-electron chi connectivity index (χ1n) is 8.36. The van der Waals surface area contributed by atoms with E-state index in [1.54, 1.807) is 17.9 Å². The van der Waals surface area contributed by atoms with Crippen LogP contribution in [0.2, 0.25) is 5.02 Å². The summed E-state index contributed by atoms with van der Waals surface area (Å²) in [4.78, 5) is 16.7. The number of hydrogen-bond donors (Lipinski definition) is 2. The van der Waals surface area contributed by atoms with Crippen molar-refractivity contribution in [1.29, 1.82) is 0 Å². The molecule has 25 heavy (non-hydrogen) atoms. The van der Waals surface area contributed by atoms with Crippen LogP contribution >= 0.6 is 11.6 Å². The maximum absolute atomic E-state index is 12.3. The summed E-state index contributed by atoms with van der Waals surface area (Å²) in [5.41, 5.74) is 0.723. The van der Waals surface area contributed by atoms with E-state index in [0.717, 1.165) is 24.5 Å². The lowest BCUT2D eigenvalue weighted by Crippen LogP contribution is -2.33. The zero-order valence-corrected chi connectivity index (χ0v) is 15.3. The van der Waals surface area contributed by atoms with Crippen molar-refractivity contribution in [3.8, 4) is 5.69 Å². The van der Waals surface area contributed by atoms with Gasteiger partial charge in [0.1, 0.15) is 5.82 Å². The predicted octanol–water partition coefficient (Wildman–Crippen LogP) is 1.84. The molecule has 0 aliphatic carbocycles. The number of nitrogens with zero attached hydrogens (tertiary/aromatic N) is 3. The Morgan fingerprint density at radius 3 is 2.80 bits per heavy atom. The fourth-order valence-corrected chi connectivity index (χ4v) is 2.50. The molecule has 1 amide bonds. The van der Waals surface area contributed by atoms with Crippen molar-refractivity contribution in [2.75, 3.05) is 33.4 Å². The normalized spacial score (nSPS) is 10.8. The number of benzene rings is 1. The first-order valence-corrected chi connectivity index (χ1v) is 8.73. The molecule has 0 bridgehead atoms. The number of ether oxygens (including phenoxy) is 1. The van der Waals surface area contributed by atoms with E-state index >= 15 is 0 Å². The SMILES string of the molecule is CCCc1nc(C(=O)NCCNCCOC)nn1-c1ccccc1Cl. The molecule has 1 aromatic carbocycles. The molecule has 2 rings (SSSR count). The smallest absolute Gasteiger partial charge is 0.291 e. The summed E-state index contributed by atoms with van der Waals surface area (Å²) in [6.07, 6.45) is 1.61. The van der Waals surface area contributed by atoms with E-state index in [1.165, 1.54) is 0 Å². The average molecular weight is 366 g/mol. The molecule has 0 saturated heterocycles. The molecule has 136 valence electrons. The molecule has 0 aliphatic heterocycles. The summed E-state index contributed by atoms with van der Waals surface area (Å²) in [7, 11) is 1.65. The second-order valence-electron chi connectivity index (χ2n) is 5.46. The minimum absolute atomic E-state index is 0.153. The van der Waals surface area contributed by atoms with Crippen LogP contribution < -0.4 is 10.6 Å². The third-order valence-corrected chi connectivity index (χ3v) is 3.82. The molecule has 0 radical (unpaired) electrons. The topological polar surface area (TPSA) is 81.1 Å². The molecule has 2 N–H and O–H groups in total. The van der Waals surface area contributed by atoms with Crippen LogP contribution in [0.25, 0.3) is 5.69 Å². The van der Waals surface area contributed by atoms with Crippen LogP contribution in [-0.2, 0) is 11.2 Å². The van der Waals surface area contributed by atoms with E-state index in [4.69, 9.17) is 16.3 Å². The number of halogens is 1. The third-order valence-electron chi connectivity index (χ3n) is 3.50. The Hall–Kier alpha value is -1.96. The second kappa shape index (κ2) is 10.1. The number of aromatic nitrogens is 3. The van der Waals surface area contributed by atoms with Gasteiger partial charge in [0.2, 0.25) is 5.82 Å². The minimum Gasteiger partial charge on any atom is -0.383 e. The number of hydrogen-bond acceptors (Lipinski definition) is 5. The maximum Gasteiger partial charge on any atom is 0.291 e. The van der Waals surface area contributed by atoms with Gasteiger partial charge in [-0.1, -0.05) is 30.7 Å². The summed E-state index contributed by atoms with van der Waals surface area (Å²) < 4.78 is 6.60. The molecule has 0 fully saturated rings. The van der Waals surface area contributed by atoms with Crippen molar-refractivity contribution in [2.45, 2.75) is 19.8 Å². The van der Waals surface area contributed by atoms with Gasteiger partial charge in [-0.05, 0) is 18.6 Å². The van der Waals surface area contributed by atoms with Gasteiger partial charge in [0.05, 0.1) is 17.3 Å². The monoisotopic (exact) mass is 365 g/mol. The minimum atomic E-state index is -0.295. The Labute approximate surface area is 152 Å². The molecular weight excluding hydrogens is 342 g/mol. The Bertz CT molecular complexity index is 689. The average Bonchev–Trinajstić information content (AvgIpc) is 3.02. The van der Waals surface area contributed by atoms with Crippen LogP contribution in [0, 0.1) is 0 Å². The Morgan fingerprint density at radius 2 is 2.08 bits per heavy atom. The van der Waals surface area contributed by atoms with Gasteiger partial charge < -0.3 is 15.4 Å². The molecule has 0 unspecified atom stereocenters. The van der Waals surface area contributed by atoms with Gasteiger partial charge in [-0.3, -0.25) is 4.79 Å². The molecule has 0 saturated carbocycles. The Morgan fingerprint density at radius 1 is 1.28 bits per heavy atom. The number of para-hydroxylation sites is 1. The standard InChI is InChI=1S/C17H24ClN5O2/c1-3-6-15-21-16(17(24)20-10-9-19-11-12-25-2)22-23(15)14-8-5-4-7-13(14)18/h4-5,7-8,19H,3,6,9-12H2,1-2H3,(H,20,24). The van der Waals surface area contributed by atoms with Crippen LogP contribution in [0.1, 0.15) is 29.8 Å². The van der Waals surface area contributed by atoms with E-state index in [1.807, 2.05) is 18.2 Å². The number of nitrogens with one attached hydrogen (secondary N) is 2. The van der Waals surface area contributed by atoms with Crippen molar-refractivity contribution in [3.05, 3.63) is 40.9 Å². The number of methoxy groups -OCH3 is 1. The van der Waals surface area contributed by atoms with Crippen molar-refractivity contribution < 1.29 is 9.53 Å². The van der Waals surface area contributed by atoms with Crippen molar-refractivity contribution in [3.63, 3.8) is 0 Å².